The van der Waals surface area contributed by atoms with Crippen LogP contribution in [-0.2, 0) is 19.1 Å². The minimum absolute atomic E-state index is 0.117. The molecule has 2 aromatic rings. The van der Waals surface area contributed by atoms with Crippen molar-refractivity contribution < 1.29 is 24.2 Å². The van der Waals surface area contributed by atoms with Crippen molar-refractivity contribution in [1.29, 1.82) is 0 Å². The normalized spacial score (nSPS) is 23.7. The van der Waals surface area contributed by atoms with E-state index in [9.17, 15) is 14.7 Å². The van der Waals surface area contributed by atoms with Crippen LogP contribution in [0.3, 0.4) is 0 Å². The van der Waals surface area contributed by atoms with Crippen molar-refractivity contribution in [3.8, 4) is 5.75 Å². The van der Waals surface area contributed by atoms with E-state index in [1.165, 1.54) is 0 Å². The van der Waals surface area contributed by atoms with Crippen molar-refractivity contribution in [2.24, 2.45) is 16.9 Å². The van der Waals surface area contributed by atoms with E-state index in [0.717, 1.165) is 28.6 Å². The lowest BCUT2D eigenvalue weighted by molar-refractivity contribution is -0.163. The van der Waals surface area contributed by atoms with E-state index in [1.807, 2.05) is 43.3 Å². The maximum absolute atomic E-state index is 13.5. The second-order valence-corrected chi connectivity index (χ2v) is 16.5. The molecule has 0 heterocycles. The first-order chi connectivity index (χ1) is 17.2. The van der Waals surface area contributed by atoms with Crippen LogP contribution in [0.15, 0.2) is 53.6 Å². The van der Waals surface area contributed by atoms with Gasteiger partial charge >= 0.3 is 11.9 Å². The van der Waals surface area contributed by atoms with Gasteiger partial charge < -0.3 is 14.6 Å². The molecule has 2 bridgehead atoms. The van der Waals surface area contributed by atoms with E-state index in [2.05, 4.69) is 25.1 Å². The summed E-state index contributed by atoms with van der Waals surface area (Å²) in [6, 6.07) is 15.6. The van der Waals surface area contributed by atoms with Gasteiger partial charge in [-0.3, -0.25) is 15.0 Å². The third kappa shape index (κ3) is 5.64. The number of esters is 2. The van der Waals surface area contributed by atoms with E-state index >= 15 is 0 Å². The molecule has 0 aliphatic heterocycles. The van der Waals surface area contributed by atoms with E-state index in [0.29, 0.717) is 19.4 Å². The van der Waals surface area contributed by atoms with Gasteiger partial charge in [0.15, 0.2) is 0 Å². The highest BCUT2D eigenvalue weighted by molar-refractivity contribution is 6.76. The van der Waals surface area contributed by atoms with Gasteiger partial charge in [-0.15, -0.1) is 0 Å². The molecule has 0 aromatic heterocycles. The maximum atomic E-state index is 13.5. The summed E-state index contributed by atoms with van der Waals surface area (Å²) in [5.41, 5.74) is 6.49. The third-order valence-electron chi connectivity index (χ3n) is 6.96. The van der Waals surface area contributed by atoms with Crippen molar-refractivity contribution in [1.82, 2.24) is 0 Å². The molecule has 0 amide bonds. The number of nitrogens with zero attached hydrogens (tertiary/aromatic N) is 1. The Morgan fingerprint density at radius 2 is 1.69 bits per heavy atom. The van der Waals surface area contributed by atoms with Gasteiger partial charge in [-0.05, 0) is 54.3 Å². The number of benzene rings is 2. The first kappa shape index (κ1) is 25.9. The fourth-order valence-electron chi connectivity index (χ4n) is 5.20. The number of nitrogens with one attached hydrogen (secondary N) is 1. The predicted molar refractivity (Wildman–Crippen MR) is 143 cm³/mol. The van der Waals surface area contributed by atoms with Gasteiger partial charge in [0, 0.05) is 25.6 Å². The number of rotatable bonds is 9. The van der Waals surface area contributed by atoms with Crippen molar-refractivity contribution in [2.75, 3.05) is 18.6 Å². The molecular formula is C28H36N2O5Si. The van der Waals surface area contributed by atoms with Crippen LogP contribution in [0.25, 0.3) is 0 Å². The molecule has 5 rings (SSSR count). The van der Waals surface area contributed by atoms with Crippen molar-refractivity contribution in [3.05, 3.63) is 59.7 Å². The van der Waals surface area contributed by atoms with Gasteiger partial charge in [0.05, 0.1) is 30.7 Å². The molecule has 36 heavy (non-hydrogen) atoms. The Bertz CT molecular complexity index is 1130. The van der Waals surface area contributed by atoms with Crippen molar-refractivity contribution >= 4 is 31.4 Å². The number of aromatic hydroxyl groups is 1. The summed E-state index contributed by atoms with van der Waals surface area (Å²) in [5.74, 6) is -2.86. The summed E-state index contributed by atoms with van der Waals surface area (Å²) < 4.78 is 11.4. The highest BCUT2D eigenvalue weighted by Crippen LogP contribution is 2.55. The smallest absolute Gasteiger partial charge is 0.310 e. The number of para-hydroxylation sites is 1. The number of carbonyl (C=O) groups is 2. The zero-order chi connectivity index (χ0) is 25.9. The molecule has 0 saturated heterocycles. The highest BCUT2D eigenvalue weighted by atomic mass is 28.3. The van der Waals surface area contributed by atoms with Crippen LogP contribution in [-0.4, -0.2) is 44.0 Å². The summed E-state index contributed by atoms with van der Waals surface area (Å²) in [5, 5.41) is 15.0. The van der Waals surface area contributed by atoms with Crippen LogP contribution in [0.2, 0.25) is 25.7 Å². The Balaban J connectivity index is 1.72. The highest BCUT2D eigenvalue weighted by Gasteiger charge is 2.57. The number of hydrazone groups is 1. The lowest BCUT2D eigenvalue weighted by Gasteiger charge is -2.47. The molecule has 2 N–H and O–H groups in total. The molecule has 0 radical (unpaired) electrons. The minimum Gasteiger partial charge on any atom is -0.508 e. The molecule has 3 unspecified atom stereocenters. The lowest BCUT2D eigenvalue weighted by Crippen LogP contribution is -2.51. The molecule has 2 aromatic carbocycles. The van der Waals surface area contributed by atoms with Crippen LogP contribution >= 0.6 is 0 Å². The second-order valence-electron chi connectivity index (χ2n) is 10.9. The van der Waals surface area contributed by atoms with Crippen LogP contribution in [0, 0.1) is 11.8 Å². The quantitative estimate of drug-likeness (QED) is 0.263. The van der Waals surface area contributed by atoms with Gasteiger partial charge in [0.25, 0.3) is 0 Å². The first-order valence-electron chi connectivity index (χ1n) is 12.7. The zero-order valence-electron chi connectivity index (χ0n) is 21.5. The molecule has 0 spiro atoms. The van der Waals surface area contributed by atoms with Crippen molar-refractivity contribution in [3.63, 3.8) is 0 Å². The zero-order valence-corrected chi connectivity index (χ0v) is 22.5. The Kier molecular flexibility index (Phi) is 7.83. The van der Waals surface area contributed by atoms with Gasteiger partial charge in [0.2, 0.25) is 0 Å². The van der Waals surface area contributed by atoms with Gasteiger partial charge in [-0.25, -0.2) is 0 Å². The Morgan fingerprint density at radius 3 is 2.39 bits per heavy atom. The molecular weight excluding hydrogens is 472 g/mol. The number of phenols is 1. The molecule has 192 valence electrons. The summed E-state index contributed by atoms with van der Waals surface area (Å²) in [4.78, 5) is 27.0. The summed E-state index contributed by atoms with van der Waals surface area (Å²) >= 11 is 0. The number of fused-ring (bicyclic) bond motifs is 2. The van der Waals surface area contributed by atoms with E-state index in [1.54, 1.807) is 12.1 Å². The number of ether oxygens (including phenoxy) is 2. The van der Waals surface area contributed by atoms with Crippen LogP contribution in [0.4, 0.5) is 5.69 Å². The van der Waals surface area contributed by atoms with E-state index < -0.39 is 31.8 Å². The maximum Gasteiger partial charge on any atom is 0.310 e. The topological polar surface area (TPSA) is 97.2 Å². The molecule has 1 saturated carbocycles. The molecule has 4 atom stereocenters. The average molecular weight is 509 g/mol. The second kappa shape index (κ2) is 10.9. The summed E-state index contributed by atoms with van der Waals surface area (Å²) in [6.45, 7) is 9.29. The SMILES string of the molecule is CCCOC(=O)C1C(C(=O)OCC[Si](C)(C)C)C2C/C(=N\Nc3ccccc3)[C@H]1c1cc(O)ccc12. The number of hydrogen-bond donors (Lipinski definition) is 2. The number of hydrogen-bond acceptors (Lipinski definition) is 7. The standard InChI is InChI=1S/C28H36N2O5Si/c1-5-13-34-28(33)26-24-21-16-19(31)11-12-20(21)22(25(26)27(32)35-14-15-36(2,3)4)17-23(24)30-29-18-9-7-6-8-10-18/h6-12,16,22,24-26,29,31H,5,13-15,17H2,1-4H3/b30-23+/t22?,24-,25?,26?/m1/s1. The molecule has 1 fully saturated rings. The fraction of sp³-hybridized carbons (Fsp3) is 0.464. The minimum atomic E-state index is -1.39. The summed E-state index contributed by atoms with van der Waals surface area (Å²) in [7, 11) is -1.39. The van der Waals surface area contributed by atoms with Crippen LogP contribution in [0.5, 0.6) is 5.75 Å². The number of phenolic OH excluding ortho intramolecular Hbond substituents is 1. The van der Waals surface area contributed by atoms with Gasteiger partial charge in [-0.1, -0.05) is 50.8 Å². The van der Waals surface area contributed by atoms with E-state index in [4.69, 9.17) is 14.6 Å². The molecule has 3 aliphatic carbocycles. The fourth-order valence-corrected chi connectivity index (χ4v) is 5.91. The molecule has 3 aliphatic rings. The lowest BCUT2D eigenvalue weighted by atomic mass is 9.55. The van der Waals surface area contributed by atoms with Crippen LogP contribution < -0.4 is 5.43 Å². The van der Waals surface area contributed by atoms with E-state index in [-0.39, 0.29) is 24.2 Å². The average Bonchev–Trinajstić information content (AvgIpc) is 2.85. The first-order valence-corrected chi connectivity index (χ1v) is 16.4. The van der Waals surface area contributed by atoms with Crippen LogP contribution in [0.1, 0.15) is 42.7 Å². The van der Waals surface area contributed by atoms with Gasteiger partial charge in [0.1, 0.15) is 5.75 Å². The number of carbonyl (C=O) groups excluding carboxylic acids is 2. The largest absolute Gasteiger partial charge is 0.508 e. The Morgan fingerprint density at radius 1 is 1.00 bits per heavy atom. The number of anilines is 1. The Hall–Kier alpha value is -3.13. The third-order valence-corrected chi connectivity index (χ3v) is 8.67. The Labute approximate surface area is 213 Å². The van der Waals surface area contributed by atoms with Gasteiger partial charge in [-0.2, -0.15) is 5.10 Å². The summed E-state index contributed by atoms with van der Waals surface area (Å²) in [6.07, 6.45) is 1.21. The molecule has 7 nitrogen and oxygen atoms in total. The predicted octanol–water partition coefficient (Wildman–Crippen LogP) is 5.51. The monoisotopic (exact) mass is 508 g/mol. The molecule has 8 heteroatoms. The van der Waals surface area contributed by atoms with Crippen molar-refractivity contribution in [2.45, 2.75) is 57.3 Å².